The summed E-state index contributed by atoms with van der Waals surface area (Å²) in [5, 5.41) is 8.49. The Labute approximate surface area is 143 Å². The van der Waals surface area contributed by atoms with E-state index >= 15 is 0 Å². The van der Waals surface area contributed by atoms with Crippen molar-refractivity contribution in [1.82, 2.24) is 10.3 Å². The fourth-order valence-corrected chi connectivity index (χ4v) is 3.47. The summed E-state index contributed by atoms with van der Waals surface area (Å²) in [6.07, 6.45) is -4.41. The van der Waals surface area contributed by atoms with Gasteiger partial charge in [0.1, 0.15) is 10.7 Å². The molecule has 0 bridgehead atoms. The van der Waals surface area contributed by atoms with Gasteiger partial charge < -0.3 is 5.32 Å². The van der Waals surface area contributed by atoms with Gasteiger partial charge in [-0.15, -0.1) is 11.3 Å². The molecule has 0 aliphatic rings. The molecule has 3 aromatic rings. The third kappa shape index (κ3) is 3.82. The number of hydrogen-bond donors (Lipinski definition) is 1. The molecule has 2 aromatic heterocycles. The second kappa shape index (κ2) is 6.74. The highest BCUT2D eigenvalue weighted by atomic mass is 32.1. The lowest BCUT2D eigenvalue weighted by atomic mass is 10.1. The minimum Gasteiger partial charge on any atom is -0.347 e. The zero-order valence-electron chi connectivity index (χ0n) is 12.1. The van der Waals surface area contributed by atoms with E-state index in [1.807, 2.05) is 16.8 Å². The Morgan fingerprint density at radius 1 is 1.21 bits per heavy atom. The van der Waals surface area contributed by atoms with Crippen LogP contribution in [0, 0.1) is 0 Å². The molecule has 1 amide bonds. The molecule has 3 rings (SSSR count). The zero-order chi connectivity index (χ0) is 17.2. The van der Waals surface area contributed by atoms with Crippen molar-refractivity contribution in [3.05, 3.63) is 63.3 Å². The van der Waals surface area contributed by atoms with Crippen molar-refractivity contribution in [3.8, 4) is 10.6 Å². The van der Waals surface area contributed by atoms with Gasteiger partial charge in [-0.1, -0.05) is 12.1 Å². The molecule has 2 heterocycles. The van der Waals surface area contributed by atoms with Crippen LogP contribution in [0.4, 0.5) is 13.2 Å². The smallest absolute Gasteiger partial charge is 0.347 e. The topological polar surface area (TPSA) is 42.0 Å². The highest BCUT2D eigenvalue weighted by Crippen LogP contribution is 2.33. The molecule has 0 radical (unpaired) electrons. The monoisotopic (exact) mass is 368 g/mol. The van der Waals surface area contributed by atoms with E-state index in [2.05, 4.69) is 10.3 Å². The number of amides is 1. The van der Waals surface area contributed by atoms with Gasteiger partial charge in [0.25, 0.3) is 5.91 Å². The van der Waals surface area contributed by atoms with Crippen LogP contribution in [0.5, 0.6) is 0 Å². The molecular weight excluding hydrogens is 357 g/mol. The van der Waals surface area contributed by atoms with E-state index in [0.717, 1.165) is 29.0 Å². The number of nitrogens with one attached hydrogen (secondary N) is 1. The first-order chi connectivity index (χ1) is 11.4. The Balaban J connectivity index is 1.74. The molecule has 8 heteroatoms. The summed E-state index contributed by atoms with van der Waals surface area (Å²) < 4.78 is 38.3. The van der Waals surface area contributed by atoms with E-state index in [1.54, 1.807) is 11.4 Å². The SMILES string of the molecule is O=C(NCc1ccsc1)c1csc(-c2cccc(C(F)(F)F)c2)n1. The molecule has 0 unspecified atom stereocenters. The summed E-state index contributed by atoms with van der Waals surface area (Å²) in [6, 6.07) is 6.81. The number of hydrogen-bond acceptors (Lipinski definition) is 4. The maximum atomic E-state index is 12.8. The number of benzene rings is 1. The van der Waals surface area contributed by atoms with E-state index in [1.165, 1.54) is 17.4 Å². The van der Waals surface area contributed by atoms with Crippen LogP contribution in [0.3, 0.4) is 0 Å². The standard InChI is InChI=1S/C16H11F3N2OS2/c17-16(18,19)12-3-1-2-11(6-12)15-21-13(9-24-15)14(22)20-7-10-4-5-23-8-10/h1-6,8-9H,7H2,(H,20,22). The maximum absolute atomic E-state index is 12.8. The van der Waals surface area contributed by atoms with Crippen LogP contribution < -0.4 is 5.32 Å². The van der Waals surface area contributed by atoms with Crippen molar-refractivity contribution in [2.75, 3.05) is 0 Å². The van der Waals surface area contributed by atoms with Crippen LogP contribution in [0.25, 0.3) is 10.6 Å². The van der Waals surface area contributed by atoms with E-state index in [9.17, 15) is 18.0 Å². The zero-order valence-corrected chi connectivity index (χ0v) is 13.8. The third-order valence-electron chi connectivity index (χ3n) is 3.21. The minimum atomic E-state index is -4.41. The molecule has 0 spiro atoms. The van der Waals surface area contributed by atoms with E-state index in [-0.39, 0.29) is 11.6 Å². The summed E-state index contributed by atoms with van der Waals surface area (Å²) in [5.74, 6) is -0.351. The molecule has 0 saturated heterocycles. The number of thiophene rings is 1. The number of aromatic nitrogens is 1. The Hall–Kier alpha value is -2.19. The van der Waals surface area contributed by atoms with Crippen LogP contribution in [0.15, 0.2) is 46.5 Å². The largest absolute Gasteiger partial charge is 0.416 e. The van der Waals surface area contributed by atoms with E-state index < -0.39 is 11.7 Å². The first-order valence-corrected chi connectivity index (χ1v) is 8.68. The molecule has 0 aliphatic heterocycles. The van der Waals surface area contributed by atoms with Gasteiger partial charge in [0.15, 0.2) is 0 Å². The van der Waals surface area contributed by atoms with Crippen LogP contribution in [-0.4, -0.2) is 10.9 Å². The molecule has 0 aliphatic carbocycles. The number of nitrogens with zero attached hydrogens (tertiary/aromatic N) is 1. The van der Waals surface area contributed by atoms with Gasteiger partial charge in [-0.25, -0.2) is 4.98 Å². The van der Waals surface area contributed by atoms with Gasteiger partial charge in [-0.05, 0) is 34.5 Å². The summed E-state index contributed by atoms with van der Waals surface area (Å²) >= 11 is 2.67. The average molecular weight is 368 g/mol. The van der Waals surface area contributed by atoms with Crippen LogP contribution in [0.2, 0.25) is 0 Å². The van der Waals surface area contributed by atoms with Gasteiger partial charge in [0.05, 0.1) is 5.56 Å². The number of alkyl halides is 3. The molecular formula is C16H11F3N2OS2. The molecule has 0 fully saturated rings. The van der Waals surface area contributed by atoms with Gasteiger partial charge in [0.2, 0.25) is 0 Å². The predicted octanol–water partition coefficient (Wildman–Crippen LogP) is 4.82. The number of rotatable bonds is 4. The first kappa shape index (κ1) is 16.7. The van der Waals surface area contributed by atoms with Crippen molar-refractivity contribution in [1.29, 1.82) is 0 Å². The van der Waals surface area contributed by atoms with Crippen LogP contribution >= 0.6 is 22.7 Å². The number of halogens is 3. The number of thiazole rings is 1. The highest BCUT2D eigenvalue weighted by molar-refractivity contribution is 7.13. The molecule has 3 nitrogen and oxygen atoms in total. The normalized spacial score (nSPS) is 11.5. The van der Waals surface area contributed by atoms with Gasteiger partial charge in [-0.2, -0.15) is 24.5 Å². The fraction of sp³-hybridized carbons (Fsp3) is 0.125. The Morgan fingerprint density at radius 3 is 2.75 bits per heavy atom. The summed E-state index contributed by atoms with van der Waals surface area (Å²) in [5.41, 5.74) is 0.787. The quantitative estimate of drug-likeness (QED) is 0.717. The third-order valence-corrected chi connectivity index (χ3v) is 4.83. The van der Waals surface area contributed by atoms with Gasteiger partial charge >= 0.3 is 6.18 Å². The summed E-state index contributed by atoms with van der Waals surface area (Å²) in [4.78, 5) is 16.2. The molecule has 0 saturated carbocycles. The van der Waals surface area contributed by atoms with Crippen molar-refractivity contribution in [2.45, 2.75) is 12.7 Å². The highest BCUT2D eigenvalue weighted by Gasteiger charge is 2.30. The summed E-state index contributed by atoms with van der Waals surface area (Å²) in [6.45, 7) is 0.388. The molecule has 24 heavy (non-hydrogen) atoms. The molecule has 124 valence electrons. The van der Waals surface area contributed by atoms with E-state index in [0.29, 0.717) is 17.1 Å². The van der Waals surface area contributed by atoms with Gasteiger partial charge in [0, 0.05) is 17.5 Å². The van der Waals surface area contributed by atoms with Gasteiger partial charge in [-0.3, -0.25) is 4.79 Å². The van der Waals surface area contributed by atoms with E-state index in [4.69, 9.17) is 0 Å². The number of carbonyl (C=O) groups is 1. The second-order valence-corrected chi connectivity index (χ2v) is 6.57. The van der Waals surface area contributed by atoms with Crippen molar-refractivity contribution >= 4 is 28.6 Å². The summed E-state index contributed by atoms with van der Waals surface area (Å²) in [7, 11) is 0. The second-order valence-electron chi connectivity index (χ2n) is 4.93. The predicted molar refractivity (Wildman–Crippen MR) is 88.0 cm³/mol. The van der Waals surface area contributed by atoms with Crippen molar-refractivity contribution in [3.63, 3.8) is 0 Å². The number of carbonyl (C=O) groups excluding carboxylic acids is 1. The molecule has 1 N–H and O–H groups in total. The maximum Gasteiger partial charge on any atom is 0.416 e. The first-order valence-electron chi connectivity index (χ1n) is 6.86. The lowest BCUT2D eigenvalue weighted by Gasteiger charge is -2.07. The minimum absolute atomic E-state index is 0.197. The Bertz CT molecular complexity index is 841. The van der Waals surface area contributed by atoms with Crippen molar-refractivity contribution in [2.24, 2.45) is 0 Å². The fourth-order valence-electron chi connectivity index (χ4n) is 2.01. The van der Waals surface area contributed by atoms with Crippen molar-refractivity contribution < 1.29 is 18.0 Å². The Kier molecular flexibility index (Phi) is 4.68. The van der Waals surface area contributed by atoms with Crippen LogP contribution in [0.1, 0.15) is 21.6 Å². The average Bonchev–Trinajstić information content (AvgIpc) is 3.23. The molecule has 0 atom stereocenters. The lowest BCUT2D eigenvalue weighted by Crippen LogP contribution is -2.22. The Morgan fingerprint density at radius 2 is 2.04 bits per heavy atom. The van der Waals surface area contributed by atoms with Crippen LogP contribution in [-0.2, 0) is 12.7 Å². The molecule has 1 aromatic carbocycles. The lowest BCUT2D eigenvalue weighted by molar-refractivity contribution is -0.137.